The Morgan fingerprint density at radius 3 is 2.84 bits per heavy atom. The Kier molecular flexibility index (Phi) is 3.03. The van der Waals surface area contributed by atoms with E-state index in [1.54, 1.807) is 6.07 Å². The molecule has 19 heavy (non-hydrogen) atoms. The summed E-state index contributed by atoms with van der Waals surface area (Å²) in [5, 5.41) is 8.98. The molecule has 0 unspecified atom stereocenters. The highest BCUT2D eigenvalue weighted by atomic mass is 16.4. The third-order valence-electron chi connectivity index (χ3n) is 3.72. The van der Waals surface area contributed by atoms with Crippen LogP contribution in [0.3, 0.4) is 0 Å². The maximum Gasteiger partial charge on any atom is 0.337 e. The van der Waals surface area contributed by atoms with Crippen molar-refractivity contribution in [2.45, 2.75) is 25.2 Å². The van der Waals surface area contributed by atoms with Gasteiger partial charge in [-0.05, 0) is 36.5 Å². The molecule has 3 nitrogen and oxygen atoms in total. The summed E-state index contributed by atoms with van der Waals surface area (Å²) < 4.78 is 0. The van der Waals surface area contributed by atoms with E-state index in [9.17, 15) is 4.79 Å². The highest BCUT2D eigenvalue weighted by molar-refractivity contribution is 5.87. The van der Waals surface area contributed by atoms with Gasteiger partial charge in [0.15, 0.2) is 0 Å². The second-order valence-corrected chi connectivity index (χ2v) is 5.00. The zero-order chi connectivity index (χ0) is 13.2. The lowest BCUT2D eigenvalue weighted by Crippen LogP contribution is -2.03. The zero-order valence-corrected chi connectivity index (χ0v) is 10.5. The Hall–Kier alpha value is -2.16. The monoisotopic (exact) mass is 253 g/mol. The maximum absolute atomic E-state index is 10.9. The van der Waals surface area contributed by atoms with Gasteiger partial charge in [0.1, 0.15) is 0 Å². The molecule has 1 atom stereocenters. The van der Waals surface area contributed by atoms with Gasteiger partial charge in [-0.3, -0.25) is 4.98 Å². The van der Waals surface area contributed by atoms with Crippen molar-refractivity contribution in [2.24, 2.45) is 0 Å². The molecule has 0 amide bonds. The van der Waals surface area contributed by atoms with E-state index in [0.717, 1.165) is 30.5 Å². The molecule has 3 heteroatoms. The average molecular weight is 253 g/mol. The second-order valence-electron chi connectivity index (χ2n) is 5.00. The third-order valence-corrected chi connectivity index (χ3v) is 3.72. The first-order valence-corrected chi connectivity index (χ1v) is 6.50. The van der Waals surface area contributed by atoms with Crippen LogP contribution in [-0.2, 0) is 12.8 Å². The van der Waals surface area contributed by atoms with Gasteiger partial charge in [-0.2, -0.15) is 0 Å². The van der Waals surface area contributed by atoms with E-state index in [1.165, 1.54) is 11.8 Å². The van der Waals surface area contributed by atoms with Crippen molar-refractivity contribution < 1.29 is 9.90 Å². The van der Waals surface area contributed by atoms with Crippen LogP contribution in [0.15, 0.2) is 42.6 Å². The van der Waals surface area contributed by atoms with E-state index < -0.39 is 5.97 Å². The van der Waals surface area contributed by atoms with Crippen molar-refractivity contribution in [3.05, 3.63) is 65.0 Å². The van der Waals surface area contributed by atoms with E-state index >= 15 is 0 Å². The molecule has 0 spiro atoms. The second kappa shape index (κ2) is 4.84. The van der Waals surface area contributed by atoms with Gasteiger partial charge < -0.3 is 5.11 Å². The number of pyridine rings is 1. The number of aryl methyl sites for hydroxylation is 1. The summed E-state index contributed by atoms with van der Waals surface area (Å²) in [4.78, 5) is 15.3. The number of carboxylic acid groups (broad SMARTS) is 1. The van der Waals surface area contributed by atoms with Crippen LogP contribution >= 0.6 is 0 Å². The zero-order valence-electron chi connectivity index (χ0n) is 10.5. The predicted octanol–water partition coefficient (Wildman–Crippen LogP) is 3.05. The largest absolute Gasteiger partial charge is 0.478 e. The number of aromatic carboxylic acids is 1. The van der Waals surface area contributed by atoms with Gasteiger partial charge in [0, 0.05) is 17.8 Å². The fraction of sp³-hybridized carbons (Fsp3) is 0.250. The van der Waals surface area contributed by atoms with E-state index in [0.29, 0.717) is 11.5 Å². The van der Waals surface area contributed by atoms with Crippen LogP contribution in [0.4, 0.5) is 0 Å². The normalized spacial score (nSPS) is 17.2. The highest BCUT2D eigenvalue weighted by Gasteiger charge is 2.25. The Labute approximate surface area is 111 Å². The fourth-order valence-electron chi connectivity index (χ4n) is 2.77. The SMILES string of the molecule is O=C(O)c1cnc2c(c1)CC[C@H]2Cc1ccccc1. The minimum absolute atomic E-state index is 0.291. The molecule has 0 saturated heterocycles. The van der Waals surface area contributed by atoms with Crippen LogP contribution in [0.25, 0.3) is 0 Å². The van der Waals surface area contributed by atoms with Gasteiger partial charge >= 0.3 is 5.97 Å². The standard InChI is InChI=1S/C16H15NO2/c18-16(19)14-9-13-7-6-12(15(13)17-10-14)8-11-4-2-1-3-5-11/h1-5,9-10,12H,6-8H2,(H,18,19)/t12-/m0/s1. The number of nitrogens with zero attached hydrogens (tertiary/aromatic N) is 1. The van der Waals surface area contributed by atoms with E-state index in [2.05, 4.69) is 17.1 Å². The first-order chi connectivity index (χ1) is 9.24. The summed E-state index contributed by atoms with van der Waals surface area (Å²) in [5.74, 6) is -0.484. The topological polar surface area (TPSA) is 50.2 Å². The molecule has 1 heterocycles. The van der Waals surface area contributed by atoms with Crippen molar-refractivity contribution in [1.82, 2.24) is 4.98 Å². The first-order valence-electron chi connectivity index (χ1n) is 6.50. The van der Waals surface area contributed by atoms with E-state index in [-0.39, 0.29) is 0 Å². The minimum atomic E-state index is -0.901. The van der Waals surface area contributed by atoms with Gasteiger partial charge in [0.25, 0.3) is 0 Å². The number of hydrogen-bond donors (Lipinski definition) is 1. The molecule has 1 aliphatic rings. The number of fused-ring (bicyclic) bond motifs is 1. The molecule has 3 rings (SSSR count). The molecule has 1 N–H and O–H groups in total. The summed E-state index contributed by atoms with van der Waals surface area (Å²) in [5.41, 5.74) is 3.78. The summed E-state index contributed by atoms with van der Waals surface area (Å²) in [6.07, 6.45) is 4.44. The molecule has 0 radical (unpaired) electrons. The molecule has 0 aliphatic heterocycles. The average Bonchev–Trinajstić information content (AvgIpc) is 2.82. The summed E-state index contributed by atoms with van der Waals surface area (Å²) in [6.45, 7) is 0. The first kappa shape index (κ1) is 11.9. The lowest BCUT2D eigenvalue weighted by Gasteiger charge is -2.10. The van der Waals surface area contributed by atoms with Crippen molar-refractivity contribution >= 4 is 5.97 Å². The summed E-state index contributed by atoms with van der Waals surface area (Å²) in [6, 6.07) is 12.1. The molecular formula is C16H15NO2. The molecule has 1 aliphatic carbocycles. The smallest absolute Gasteiger partial charge is 0.337 e. The molecular weight excluding hydrogens is 238 g/mol. The quantitative estimate of drug-likeness (QED) is 0.914. The minimum Gasteiger partial charge on any atom is -0.478 e. The number of rotatable bonds is 3. The molecule has 0 saturated carbocycles. The van der Waals surface area contributed by atoms with Crippen molar-refractivity contribution in [3.8, 4) is 0 Å². The highest BCUT2D eigenvalue weighted by Crippen LogP contribution is 2.34. The molecule has 0 fully saturated rings. The number of aromatic nitrogens is 1. The lowest BCUT2D eigenvalue weighted by atomic mass is 9.97. The Bertz CT molecular complexity index is 607. The van der Waals surface area contributed by atoms with Crippen molar-refractivity contribution in [2.75, 3.05) is 0 Å². The van der Waals surface area contributed by atoms with Crippen LogP contribution < -0.4 is 0 Å². The maximum atomic E-state index is 10.9. The van der Waals surface area contributed by atoms with Crippen LogP contribution in [-0.4, -0.2) is 16.1 Å². The van der Waals surface area contributed by atoms with Gasteiger partial charge in [-0.1, -0.05) is 30.3 Å². The van der Waals surface area contributed by atoms with Gasteiger partial charge in [0.05, 0.1) is 5.56 Å². The van der Waals surface area contributed by atoms with E-state index in [4.69, 9.17) is 5.11 Å². The van der Waals surface area contributed by atoms with Crippen LogP contribution in [0, 0.1) is 0 Å². The Morgan fingerprint density at radius 2 is 2.11 bits per heavy atom. The van der Waals surface area contributed by atoms with Crippen molar-refractivity contribution in [1.29, 1.82) is 0 Å². The Morgan fingerprint density at radius 1 is 1.32 bits per heavy atom. The number of benzene rings is 1. The van der Waals surface area contributed by atoms with Crippen LogP contribution in [0.2, 0.25) is 0 Å². The van der Waals surface area contributed by atoms with Gasteiger partial charge in [-0.25, -0.2) is 4.79 Å². The molecule has 1 aromatic carbocycles. The molecule has 1 aromatic heterocycles. The molecule has 2 aromatic rings. The van der Waals surface area contributed by atoms with Crippen LogP contribution in [0.5, 0.6) is 0 Å². The Balaban J connectivity index is 1.84. The fourth-order valence-corrected chi connectivity index (χ4v) is 2.77. The molecule has 0 bridgehead atoms. The number of hydrogen-bond acceptors (Lipinski definition) is 2. The van der Waals surface area contributed by atoms with E-state index in [1.807, 2.05) is 18.2 Å². The van der Waals surface area contributed by atoms with Gasteiger partial charge in [-0.15, -0.1) is 0 Å². The lowest BCUT2D eigenvalue weighted by molar-refractivity contribution is 0.0696. The summed E-state index contributed by atoms with van der Waals surface area (Å²) in [7, 11) is 0. The predicted molar refractivity (Wildman–Crippen MR) is 72.4 cm³/mol. The number of carboxylic acids is 1. The summed E-state index contributed by atoms with van der Waals surface area (Å²) >= 11 is 0. The third kappa shape index (κ3) is 2.36. The number of carbonyl (C=O) groups is 1. The van der Waals surface area contributed by atoms with Crippen LogP contribution in [0.1, 0.15) is 39.5 Å². The van der Waals surface area contributed by atoms with Gasteiger partial charge in [0.2, 0.25) is 0 Å². The van der Waals surface area contributed by atoms with Crippen molar-refractivity contribution in [3.63, 3.8) is 0 Å². The molecule has 96 valence electrons.